The third-order valence-electron chi connectivity index (χ3n) is 2.86. The van der Waals surface area contributed by atoms with Crippen LogP contribution in [0.5, 0.6) is 0 Å². The largest absolute Gasteiger partial charge is 0.480 e. The number of rotatable bonds is 8. The van der Waals surface area contributed by atoms with Crippen molar-refractivity contribution in [1.82, 2.24) is 14.5 Å². The highest BCUT2D eigenvalue weighted by Crippen LogP contribution is 2.13. The van der Waals surface area contributed by atoms with Crippen LogP contribution in [-0.2, 0) is 14.8 Å². The monoisotopic (exact) mass is 303 g/mol. The number of nitrogens with one attached hydrogen (secondary N) is 1. The highest BCUT2D eigenvalue weighted by Gasteiger charge is 2.26. The van der Waals surface area contributed by atoms with Gasteiger partial charge in [0.05, 0.1) is 6.20 Å². The molecule has 7 nitrogen and oxygen atoms in total. The molecule has 0 saturated heterocycles. The number of aliphatic carboxylic acids is 1. The molecule has 1 aromatic heterocycles. The molecule has 8 heteroatoms. The van der Waals surface area contributed by atoms with Crippen LogP contribution >= 0.6 is 0 Å². The van der Waals surface area contributed by atoms with E-state index in [1.807, 2.05) is 20.8 Å². The Morgan fingerprint density at radius 2 is 2.15 bits per heavy atom. The lowest BCUT2D eigenvalue weighted by Crippen LogP contribution is -2.40. The van der Waals surface area contributed by atoms with E-state index in [9.17, 15) is 13.2 Å². The fourth-order valence-corrected chi connectivity index (χ4v) is 2.80. The molecule has 0 aromatic carbocycles. The molecule has 0 aliphatic carbocycles. The number of sulfonamides is 1. The summed E-state index contributed by atoms with van der Waals surface area (Å²) < 4.78 is 28.0. The molecule has 0 amide bonds. The summed E-state index contributed by atoms with van der Waals surface area (Å²) in [4.78, 5) is 11.1. The van der Waals surface area contributed by atoms with Gasteiger partial charge in [-0.3, -0.25) is 9.48 Å². The molecule has 0 aliphatic rings. The first-order valence-electron chi connectivity index (χ1n) is 6.57. The summed E-state index contributed by atoms with van der Waals surface area (Å²) >= 11 is 0. The Morgan fingerprint density at radius 1 is 1.50 bits per heavy atom. The number of hydrogen-bond donors (Lipinski definition) is 2. The first kappa shape index (κ1) is 16.6. The van der Waals surface area contributed by atoms with Gasteiger partial charge in [-0.15, -0.1) is 0 Å². The van der Waals surface area contributed by atoms with E-state index in [-0.39, 0.29) is 17.4 Å². The normalized spacial score (nSPS) is 13.6. The Labute approximate surface area is 119 Å². The van der Waals surface area contributed by atoms with Gasteiger partial charge in [-0.25, -0.2) is 8.42 Å². The van der Waals surface area contributed by atoms with Gasteiger partial charge < -0.3 is 5.11 Å². The lowest BCUT2D eigenvalue weighted by Gasteiger charge is -2.13. The van der Waals surface area contributed by atoms with Crippen molar-refractivity contribution >= 4 is 16.0 Å². The molecule has 0 spiro atoms. The van der Waals surface area contributed by atoms with E-state index in [2.05, 4.69) is 9.82 Å². The molecule has 114 valence electrons. The number of carbonyl (C=O) groups is 1. The number of hydrogen-bond acceptors (Lipinski definition) is 4. The van der Waals surface area contributed by atoms with Crippen LogP contribution in [0.2, 0.25) is 0 Å². The molecule has 0 radical (unpaired) electrons. The van der Waals surface area contributed by atoms with Crippen molar-refractivity contribution in [3.8, 4) is 0 Å². The molecule has 2 N–H and O–H groups in total. The molecular weight excluding hydrogens is 282 g/mol. The predicted molar refractivity (Wildman–Crippen MR) is 73.9 cm³/mol. The average molecular weight is 303 g/mol. The molecule has 1 atom stereocenters. The van der Waals surface area contributed by atoms with E-state index in [4.69, 9.17) is 5.11 Å². The second-order valence-electron chi connectivity index (χ2n) is 4.90. The van der Waals surface area contributed by atoms with Gasteiger partial charge in [0.25, 0.3) is 0 Å². The first-order valence-corrected chi connectivity index (χ1v) is 8.05. The van der Waals surface area contributed by atoms with Crippen molar-refractivity contribution < 1.29 is 18.3 Å². The Balaban J connectivity index is 2.88. The maximum atomic E-state index is 12.1. The topological polar surface area (TPSA) is 101 Å². The maximum absolute atomic E-state index is 12.1. The minimum atomic E-state index is -3.86. The summed E-state index contributed by atoms with van der Waals surface area (Å²) in [6.45, 7) is 5.66. The highest BCUT2D eigenvalue weighted by atomic mass is 32.2. The number of nitrogens with zero attached hydrogens (tertiary/aromatic N) is 2. The van der Waals surface area contributed by atoms with Gasteiger partial charge in [0.15, 0.2) is 0 Å². The Morgan fingerprint density at radius 3 is 2.60 bits per heavy atom. The third kappa shape index (κ3) is 4.31. The minimum Gasteiger partial charge on any atom is -0.480 e. The molecule has 0 fully saturated rings. The van der Waals surface area contributed by atoms with Gasteiger partial charge >= 0.3 is 5.97 Å². The smallest absolute Gasteiger partial charge is 0.321 e. The van der Waals surface area contributed by atoms with Crippen molar-refractivity contribution in [2.24, 2.45) is 0 Å². The molecule has 1 rings (SSSR count). The van der Waals surface area contributed by atoms with Crippen LogP contribution in [0.3, 0.4) is 0 Å². The molecule has 1 unspecified atom stereocenters. The van der Waals surface area contributed by atoms with E-state index in [0.29, 0.717) is 6.42 Å². The van der Waals surface area contributed by atoms with E-state index in [1.54, 1.807) is 0 Å². The van der Waals surface area contributed by atoms with Crippen LogP contribution in [0.4, 0.5) is 0 Å². The van der Waals surface area contributed by atoms with Gasteiger partial charge in [-0.2, -0.15) is 9.82 Å². The van der Waals surface area contributed by atoms with Gasteiger partial charge in [0.2, 0.25) is 10.0 Å². The molecule has 20 heavy (non-hydrogen) atoms. The number of carboxylic acids is 1. The molecule has 0 bridgehead atoms. The van der Waals surface area contributed by atoms with Crippen molar-refractivity contribution in [1.29, 1.82) is 0 Å². The summed E-state index contributed by atoms with van der Waals surface area (Å²) in [5, 5.41) is 13.0. The fraction of sp³-hybridized carbons (Fsp3) is 0.667. The summed E-state index contributed by atoms with van der Waals surface area (Å²) in [6.07, 6.45) is 4.33. The number of carboxylic acid groups (broad SMARTS) is 1. The SMILES string of the molecule is CCCCC(NS(=O)(=O)c1cnn(C(C)C)c1)C(=O)O. The van der Waals surface area contributed by atoms with Crippen LogP contribution in [0.1, 0.15) is 46.1 Å². The summed E-state index contributed by atoms with van der Waals surface area (Å²) in [5.41, 5.74) is 0. The Kier molecular flexibility index (Phi) is 5.70. The van der Waals surface area contributed by atoms with Gasteiger partial charge in [-0.1, -0.05) is 19.8 Å². The maximum Gasteiger partial charge on any atom is 0.321 e. The van der Waals surface area contributed by atoms with E-state index in [1.165, 1.54) is 17.1 Å². The second kappa shape index (κ2) is 6.85. The standard InChI is InChI=1S/C12H21N3O4S/c1-4-5-6-11(12(16)17)14-20(18,19)10-7-13-15(8-10)9(2)3/h7-9,11,14H,4-6H2,1-3H3,(H,16,17). The van der Waals surface area contributed by atoms with Crippen molar-refractivity contribution in [2.75, 3.05) is 0 Å². The zero-order valence-electron chi connectivity index (χ0n) is 11.9. The van der Waals surface area contributed by atoms with Crippen molar-refractivity contribution in [3.05, 3.63) is 12.4 Å². The highest BCUT2D eigenvalue weighted by molar-refractivity contribution is 7.89. The molecular formula is C12H21N3O4S. The zero-order valence-corrected chi connectivity index (χ0v) is 12.7. The minimum absolute atomic E-state index is 0.0195. The van der Waals surface area contributed by atoms with Crippen LogP contribution in [0.15, 0.2) is 17.3 Å². The van der Waals surface area contributed by atoms with Crippen molar-refractivity contribution in [2.45, 2.75) is 57.0 Å². The summed E-state index contributed by atoms with van der Waals surface area (Å²) in [7, 11) is -3.86. The van der Waals surface area contributed by atoms with Gasteiger partial charge in [0, 0.05) is 12.2 Å². The average Bonchev–Trinajstić information content (AvgIpc) is 2.84. The molecule has 1 aromatic rings. The number of aromatic nitrogens is 2. The summed E-state index contributed by atoms with van der Waals surface area (Å²) in [5.74, 6) is -1.17. The number of unbranched alkanes of at least 4 members (excludes halogenated alkanes) is 1. The zero-order chi connectivity index (χ0) is 15.3. The van der Waals surface area contributed by atoms with Crippen LogP contribution < -0.4 is 4.72 Å². The van der Waals surface area contributed by atoms with E-state index >= 15 is 0 Å². The van der Waals surface area contributed by atoms with Crippen LogP contribution in [-0.4, -0.2) is 35.3 Å². The summed E-state index contributed by atoms with van der Waals surface area (Å²) in [6, 6.07) is -1.07. The fourth-order valence-electron chi connectivity index (χ4n) is 1.64. The molecule has 1 heterocycles. The quantitative estimate of drug-likeness (QED) is 0.755. The van der Waals surface area contributed by atoms with Crippen LogP contribution in [0.25, 0.3) is 0 Å². The molecule has 0 saturated carbocycles. The Bertz CT molecular complexity index is 551. The lowest BCUT2D eigenvalue weighted by atomic mass is 10.1. The third-order valence-corrected chi connectivity index (χ3v) is 4.29. The van der Waals surface area contributed by atoms with Gasteiger partial charge in [-0.05, 0) is 20.3 Å². The van der Waals surface area contributed by atoms with Gasteiger partial charge in [0.1, 0.15) is 10.9 Å². The van der Waals surface area contributed by atoms with E-state index < -0.39 is 22.0 Å². The predicted octanol–water partition coefficient (Wildman–Crippen LogP) is 1.39. The first-order chi connectivity index (χ1) is 9.27. The van der Waals surface area contributed by atoms with Crippen molar-refractivity contribution in [3.63, 3.8) is 0 Å². The molecule has 0 aliphatic heterocycles. The Hall–Kier alpha value is -1.41. The van der Waals surface area contributed by atoms with E-state index in [0.717, 1.165) is 6.42 Å². The second-order valence-corrected chi connectivity index (χ2v) is 6.62. The lowest BCUT2D eigenvalue weighted by molar-refractivity contribution is -0.139. The van der Waals surface area contributed by atoms with Crippen LogP contribution in [0, 0.1) is 0 Å².